The van der Waals surface area contributed by atoms with E-state index in [0.717, 1.165) is 45.3 Å². The average molecular weight is 408 g/mol. The third kappa shape index (κ3) is 2.71. The van der Waals surface area contributed by atoms with Gasteiger partial charge in [-0.25, -0.2) is 4.39 Å². The van der Waals surface area contributed by atoms with Gasteiger partial charge in [0.2, 0.25) is 0 Å². The molecule has 0 spiro atoms. The fraction of sp³-hybridized carbons (Fsp3) is 0.480. The molecule has 2 aromatic carbocycles. The van der Waals surface area contributed by atoms with Crippen LogP contribution < -0.4 is 16.0 Å². The predicted octanol–water partition coefficient (Wildman–Crippen LogP) is 4.29. The van der Waals surface area contributed by atoms with Crippen LogP contribution in [-0.4, -0.2) is 31.0 Å². The Morgan fingerprint density at radius 1 is 1.33 bits per heavy atom. The summed E-state index contributed by atoms with van der Waals surface area (Å²) in [7, 11) is 0. The Morgan fingerprint density at radius 2 is 2.20 bits per heavy atom. The minimum absolute atomic E-state index is 0.0560. The van der Waals surface area contributed by atoms with Crippen LogP contribution in [0.3, 0.4) is 0 Å². The van der Waals surface area contributed by atoms with Crippen LogP contribution in [0.1, 0.15) is 60.0 Å². The number of para-hydroxylation sites is 1. The topological polar surface area (TPSA) is 58.4 Å². The predicted molar refractivity (Wildman–Crippen MR) is 119 cm³/mol. The molecule has 0 bridgehead atoms. The number of nitrogens with zero attached hydrogens (tertiary/aromatic N) is 1. The normalized spacial score (nSPS) is 25.9. The van der Waals surface area contributed by atoms with E-state index in [9.17, 15) is 9.18 Å². The minimum atomic E-state index is -0.402. The Hall–Kier alpha value is -2.40. The molecule has 158 valence electrons. The number of hydrogen-bond acceptors (Lipinski definition) is 4. The van der Waals surface area contributed by atoms with Crippen molar-refractivity contribution < 1.29 is 9.18 Å². The molecule has 4 nitrogen and oxygen atoms in total. The van der Waals surface area contributed by atoms with E-state index in [4.69, 9.17) is 5.73 Å². The molecule has 5 rings (SSSR count). The lowest BCUT2D eigenvalue weighted by Crippen LogP contribution is -2.62. The number of Topliss-reactive ketones (excluding diaryl/α,β-unsaturated/α-hetero) is 1. The van der Waals surface area contributed by atoms with Gasteiger partial charge < -0.3 is 16.0 Å². The van der Waals surface area contributed by atoms with Crippen molar-refractivity contribution in [1.29, 1.82) is 0 Å². The van der Waals surface area contributed by atoms with Crippen molar-refractivity contribution in [2.45, 2.75) is 50.5 Å². The molecule has 0 aromatic heterocycles. The summed E-state index contributed by atoms with van der Waals surface area (Å²) in [6.07, 6.45) is 5.09. The van der Waals surface area contributed by atoms with E-state index in [1.165, 1.54) is 35.4 Å². The summed E-state index contributed by atoms with van der Waals surface area (Å²) in [5, 5.41) is 3.59. The van der Waals surface area contributed by atoms with Gasteiger partial charge >= 0.3 is 0 Å². The number of benzene rings is 2. The first-order valence-electron chi connectivity index (χ1n) is 11.3. The molecule has 1 fully saturated rings. The molecule has 3 aliphatic heterocycles. The number of rotatable bonds is 4. The van der Waals surface area contributed by atoms with Crippen LogP contribution in [0.25, 0.3) is 0 Å². The van der Waals surface area contributed by atoms with Crippen LogP contribution in [0.4, 0.5) is 15.8 Å². The summed E-state index contributed by atoms with van der Waals surface area (Å²) in [6.45, 7) is 4.88. The molecule has 5 heteroatoms. The fourth-order valence-electron chi connectivity index (χ4n) is 6.44. The molecule has 0 saturated carbocycles. The lowest BCUT2D eigenvalue weighted by molar-refractivity contribution is 0.0779. The first kappa shape index (κ1) is 19.6. The van der Waals surface area contributed by atoms with Crippen molar-refractivity contribution >= 4 is 17.2 Å². The number of carbonyl (C=O) groups excluding carboxylic acids is 1. The van der Waals surface area contributed by atoms with Gasteiger partial charge in [-0.1, -0.05) is 25.1 Å². The number of halogens is 1. The number of ketones is 1. The maximum absolute atomic E-state index is 13.9. The number of piperidine rings is 1. The van der Waals surface area contributed by atoms with Gasteiger partial charge in [0.15, 0.2) is 5.78 Å². The van der Waals surface area contributed by atoms with Gasteiger partial charge in [0.05, 0.1) is 5.54 Å². The Morgan fingerprint density at radius 3 is 3.00 bits per heavy atom. The summed E-state index contributed by atoms with van der Waals surface area (Å²) >= 11 is 0. The zero-order chi connectivity index (χ0) is 20.9. The second-order valence-electron chi connectivity index (χ2n) is 9.02. The molecule has 3 atom stereocenters. The van der Waals surface area contributed by atoms with Crippen molar-refractivity contribution in [3.63, 3.8) is 0 Å². The van der Waals surface area contributed by atoms with E-state index in [-0.39, 0.29) is 28.8 Å². The van der Waals surface area contributed by atoms with E-state index in [2.05, 4.69) is 35.3 Å². The van der Waals surface area contributed by atoms with Crippen molar-refractivity contribution in [3.05, 3.63) is 58.9 Å². The largest absolute Gasteiger partial charge is 0.398 e. The monoisotopic (exact) mass is 407 g/mol. The molecule has 3 N–H and O–H groups in total. The zero-order valence-corrected chi connectivity index (χ0v) is 17.6. The molecular weight excluding hydrogens is 377 g/mol. The number of nitrogens with one attached hydrogen (secondary N) is 1. The van der Waals surface area contributed by atoms with E-state index in [1.807, 2.05) is 0 Å². The van der Waals surface area contributed by atoms with E-state index < -0.39 is 5.82 Å². The molecule has 1 saturated heterocycles. The first-order chi connectivity index (χ1) is 14.6. The lowest BCUT2D eigenvalue weighted by Gasteiger charge is -2.51. The van der Waals surface area contributed by atoms with Crippen LogP contribution >= 0.6 is 0 Å². The van der Waals surface area contributed by atoms with Crippen LogP contribution in [0.5, 0.6) is 0 Å². The molecule has 0 radical (unpaired) electrons. The molecule has 3 aliphatic rings. The van der Waals surface area contributed by atoms with Crippen molar-refractivity contribution in [3.8, 4) is 0 Å². The summed E-state index contributed by atoms with van der Waals surface area (Å²) in [5.74, 6) is -0.258. The standard InChI is InChI=1S/C25H30FN3O/c1-2-20(24(30)19-10-9-17(26)14-22(19)27)25-11-12-28-15-21(25)18-8-5-7-16-6-3-4-13-29(25)23(16)18/h5,7-10,14,20-21,28H,2-4,6,11-13,15,27H2,1H3. The van der Waals surface area contributed by atoms with Gasteiger partial charge in [0, 0.05) is 41.9 Å². The number of nitrogens with two attached hydrogens (primary N) is 1. The number of fused-ring (bicyclic) bond motifs is 3. The Balaban J connectivity index is 1.66. The number of nitrogen functional groups attached to an aromatic ring is 1. The van der Waals surface area contributed by atoms with Crippen LogP contribution in [-0.2, 0) is 6.42 Å². The third-order valence-electron chi connectivity index (χ3n) is 7.64. The van der Waals surface area contributed by atoms with Gasteiger partial charge in [0.25, 0.3) is 0 Å². The van der Waals surface area contributed by atoms with Crippen molar-refractivity contribution in [1.82, 2.24) is 5.32 Å². The van der Waals surface area contributed by atoms with Crippen LogP contribution in [0, 0.1) is 11.7 Å². The SMILES string of the molecule is CCC(C(=O)c1ccc(F)cc1N)C12CCNCC1c1cccc3c1N2CCCC3. The smallest absolute Gasteiger partial charge is 0.170 e. The highest BCUT2D eigenvalue weighted by Gasteiger charge is 2.58. The summed E-state index contributed by atoms with van der Waals surface area (Å²) < 4.78 is 13.6. The quantitative estimate of drug-likeness (QED) is 0.586. The highest BCUT2D eigenvalue weighted by atomic mass is 19.1. The summed E-state index contributed by atoms with van der Waals surface area (Å²) in [6, 6.07) is 10.9. The molecule has 0 aliphatic carbocycles. The third-order valence-corrected chi connectivity index (χ3v) is 7.64. The second kappa shape index (κ2) is 7.38. The van der Waals surface area contributed by atoms with Gasteiger partial charge in [0.1, 0.15) is 5.82 Å². The zero-order valence-electron chi connectivity index (χ0n) is 17.6. The molecule has 30 heavy (non-hydrogen) atoms. The maximum atomic E-state index is 13.9. The maximum Gasteiger partial charge on any atom is 0.170 e. The summed E-state index contributed by atoms with van der Waals surface area (Å²) in [4.78, 5) is 16.5. The van der Waals surface area contributed by atoms with Crippen molar-refractivity contribution in [2.75, 3.05) is 30.3 Å². The number of carbonyl (C=O) groups is 1. The Kier molecular flexibility index (Phi) is 4.81. The van der Waals surface area contributed by atoms with Gasteiger partial charge in [-0.05, 0) is 68.0 Å². The highest BCUT2D eigenvalue weighted by Crippen LogP contribution is 2.57. The average Bonchev–Trinajstić information content (AvgIpc) is 2.86. The minimum Gasteiger partial charge on any atom is -0.398 e. The van der Waals surface area contributed by atoms with E-state index >= 15 is 0 Å². The Labute approximate surface area is 177 Å². The fourth-order valence-corrected chi connectivity index (χ4v) is 6.44. The van der Waals surface area contributed by atoms with Gasteiger partial charge in [-0.3, -0.25) is 4.79 Å². The second-order valence-corrected chi connectivity index (χ2v) is 9.02. The number of aryl methyl sites for hydroxylation is 1. The van der Waals surface area contributed by atoms with Gasteiger partial charge in [-0.15, -0.1) is 0 Å². The molecule has 3 heterocycles. The van der Waals surface area contributed by atoms with Crippen molar-refractivity contribution in [2.24, 2.45) is 5.92 Å². The highest BCUT2D eigenvalue weighted by molar-refractivity contribution is 6.03. The van der Waals surface area contributed by atoms with Crippen LogP contribution in [0.15, 0.2) is 36.4 Å². The number of hydrogen-bond donors (Lipinski definition) is 2. The van der Waals surface area contributed by atoms with Gasteiger partial charge in [-0.2, -0.15) is 0 Å². The molecule has 3 unspecified atom stereocenters. The van der Waals surface area contributed by atoms with Crippen LogP contribution in [0.2, 0.25) is 0 Å². The summed E-state index contributed by atoms with van der Waals surface area (Å²) in [5.41, 5.74) is 10.7. The Bertz CT molecular complexity index is 990. The number of anilines is 2. The lowest BCUT2D eigenvalue weighted by atomic mass is 9.65. The molecule has 2 aromatic rings. The molecular formula is C25H30FN3O. The first-order valence-corrected chi connectivity index (χ1v) is 11.3. The van der Waals surface area contributed by atoms with E-state index in [0.29, 0.717) is 5.56 Å². The molecule has 0 amide bonds. The van der Waals surface area contributed by atoms with E-state index in [1.54, 1.807) is 6.07 Å².